The van der Waals surface area contributed by atoms with Gasteiger partial charge in [-0.3, -0.25) is 4.79 Å². The van der Waals surface area contributed by atoms with Crippen molar-refractivity contribution in [1.29, 1.82) is 0 Å². The van der Waals surface area contributed by atoms with Gasteiger partial charge in [-0.2, -0.15) is 0 Å². The number of rotatable bonds is 5. The molecule has 17 heavy (non-hydrogen) atoms. The van der Waals surface area contributed by atoms with Gasteiger partial charge in [0.25, 0.3) is 0 Å². The minimum absolute atomic E-state index is 0.114. The Morgan fingerprint density at radius 1 is 1.41 bits per heavy atom. The summed E-state index contributed by atoms with van der Waals surface area (Å²) in [5.41, 5.74) is 1.97. The van der Waals surface area contributed by atoms with Crippen LogP contribution in [0.2, 0.25) is 5.02 Å². The lowest BCUT2D eigenvalue weighted by molar-refractivity contribution is -0.141. The van der Waals surface area contributed by atoms with Crippen molar-refractivity contribution in [2.45, 2.75) is 19.8 Å². The third-order valence-electron chi connectivity index (χ3n) is 2.84. The van der Waals surface area contributed by atoms with E-state index in [2.05, 4.69) is 11.3 Å². The Morgan fingerprint density at radius 2 is 2.00 bits per heavy atom. The van der Waals surface area contributed by atoms with Crippen molar-refractivity contribution >= 4 is 23.1 Å². The SMILES string of the molecule is C=C(c1ccc(Cl)cc1)C(CC)CC(=O)OC. The predicted octanol–water partition coefficient (Wildman–Crippen LogP) is 3.94. The van der Waals surface area contributed by atoms with E-state index in [1.807, 2.05) is 31.2 Å². The van der Waals surface area contributed by atoms with Gasteiger partial charge in [0.1, 0.15) is 0 Å². The number of carbonyl (C=O) groups excluding carboxylic acids is 1. The number of hydrogen-bond donors (Lipinski definition) is 0. The molecule has 0 spiro atoms. The first kappa shape index (κ1) is 13.8. The van der Waals surface area contributed by atoms with E-state index in [0.29, 0.717) is 11.4 Å². The van der Waals surface area contributed by atoms with Crippen LogP contribution >= 0.6 is 11.6 Å². The maximum atomic E-state index is 11.3. The van der Waals surface area contributed by atoms with Crippen LogP contribution in [0.15, 0.2) is 30.8 Å². The molecule has 1 rings (SSSR count). The van der Waals surface area contributed by atoms with Gasteiger partial charge in [-0.25, -0.2) is 0 Å². The van der Waals surface area contributed by atoms with E-state index in [0.717, 1.165) is 17.6 Å². The number of esters is 1. The topological polar surface area (TPSA) is 26.3 Å². The molecule has 2 nitrogen and oxygen atoms in total. The molecular weight excluding hydrogens is 236 g/mol. The highest BCUT2D eigenvalue weighted by Gasteiger charge is 2.16. The van der Waals surface area contributed by atoms with Gasteiger partial charge >= 0.3 is 5.97 Å². The number of hydrogen-bond acceptors (Lipinski definition) is 2. The molecule has 0 heterocycles. The molecule has 0 saturated carbocycles. The average molecular weight is 253 g/mol. The first-order valence-corrected chi connectivity index (χ1v) is 5.97. The Labute approximate surface area is 107 Å². The van der Waals surface area contributed by atoms with Crippen LogP contribution in [0.3, 0.4) is 0 Å². The van der Waals surface area contributed by atoms with Gasteiger partial charge in [0.05, 0.1) is 13.5 Å². The Bertz CT molecular complexity index is 395. The van der Waals surface area contributed by atoms with Crippen LogP contribution in [0, 0.1) is 5.92 Å². The predicted molar refractivity (Wildman–Crippen MR) is 70.9 cm³/mol. The number of ether oxygens (including phenoxy) is 1. The van der Waals surface area contributed by atoms with E-state index < -0.39 is 0 Å². The zero-order chi connectivity index (χ0) is 12.8. The first-order valence-electron chi connectivity index (χ1n) is 5.60. The molecule has 0 saturated heterocycles. The van der Waals surface area contributed by atoms with Crippen LogP contribution in [0.4, 0.5) is 0 Å². The molecule has 0 bridgehead atoms. The summed E-state index contributed by atoms with van der Waals surface area (Å²) >= 11 is 5.83. The van der Waals surface area contributed by atoms with Crippen LogP contribution in [-0.4, -0.2) is 13.1 Å². The summed E-state index contributed by atoms with van der Waals surface area (Å²) in [6.07, 6.45) is 1.23. The molecule has 1 aromatic rings. The minimum atomic E-state index is -0.202. The first-order chi connectivity index (χ1) is 8.08. The summed E-state index contributed by atoms with van der Waals surface area (Å²) in [5.74, 6) is -0.0874. The molecule has 3 heteroatoms. The fraction of sp³-hybridized carbons (Fsp3) is 0.357. The molecule has 0 aliphatic rings. The molecule has 0 fully saturated rings. The average Bonchev–Trinajstić information content (AvgIpc) is 2.35. The molecule has 0 aliphatic heterocycles. The second kappa shape index (κ2) is 6.45. The quantitative estimate of drug-likeness (QED) is 0.742. The number of halogens is 1. The van der Waals surface area contributed by atoms with Gasteiger partial charge in [0, 0.05) is 5.02 Å². The van der Waals surface area contributed by atoms with Crippen molar-refractivity contribution < 1.29 is 9.53 Å². The van der Waals surface area contributed by atoms with E-state index in [4.69, 9.17) is 11.6 Å². The van der Waals surface area contributed by atoms with Crippen molar-refractivity contribution in [3.8, 4) is 0 Å². The summed E-state index contributed by atoms with van der Waals surface area (Å²) in [6.45, 7) is 6.10. The molecular formula is C14H17ClO2. The van der Waals surface area contributed by atoms with E-state index >= 15 is 0 Å². The van der Waals surface area contributed by atoms with Crippen LogP contribution in [0.5, 0.6) is 0 Å². The highest BCUT2D eigenvalue weighted by molar-refractivity contribution is 6.30. The molecule has 0 N–H and O–H groups in total. The molecule has 1 aromatic carbocycles. The molecule has 0 radical (unpaired) electrons. The van der Waals surface area contributed by atoms with Crippen molar-refractivity contribution in [2.75, 3.05) is 7.11 Å². The third kappa shape index (κ3) is 3.90. The molecule has 1 unspecified atom stereocenters. The molecule has 0 aromatic heterocycles. The summed E-state index contributed by atoms with van der Waals surface area (Å²) in [7, 11) is 1.40. The minimum Gasteiger partial charge on any atom is -0.469 e. The molecule has 0 aliphatic carbocycles. The van der Waals surface area contributed by atoms with Gasteiger partial charge in [-0.05, 0) is 35.6 Å². The van der Waals surface area contributed by atoms with Gasteiger partial charge in [-0.1, -0.05) is 37.2 Å². The Hall–Kier alpha value is -1.28. The van der Waals surface area contributed by atoms with Crippen molar-refractivity contribution in [3.05, 3.63) is 41.4 Å². The summed E-state index contributed by atoms with van der Waals surface area (Å²) < 4.78 is 4.69. The molecule has 0 amide bonds. The van der Waals surface area contributed by atoms with Crippen molar-refractivity contribution in [1.82, 2.24) is 0 Å². The highest BCUT2D eigenvalue weighted by atomic mass is 35.5. The lowest BCUT2D eigenvalue weighted by atomic mass is 9.89. The largest absolute Gasteiger partial charge is 0.469 e. The monoisotopic (exact) mass is 252 g/mol. The highest BCUT2D eigenvalue weighted by Crippen LogP contribution is 2.28. The lowest BCUT2D eigenvalue weighted by Crippen LogP contribution is -2.10. The number of methoxy groups -OCH3 is 1. The van der Waals surface area contributed by atoms with Crippen LogP contribution in [0.25, 0.3) is 5.57 Å². The third-order valence-corrected chi connectivity index (χ3v) is 3.09. The van der Waals surface area contributed by atoms with E-state index in [9.17, 15) is 4.79 Å². The summed E-state index contributed by atoms with van der Waals surface area (Å²) in [4.78, 5) is 11.3. The Morgan fingerprint density at radius 3 is 2.47 bits per heavy atom. The number of carbonyl (C=O) groups is 1. The standard InChI is InChI=1S/C14H17ClO2/c1-4-11(9-14(16)17-3)10(2)12-5-7-13(15)8-6-12/h5-8,11H,2,4,9H2,1,3H3. The number of allylic oxidation sites excluding steroid dienone is 1. The molecule has 92 valence electrons. The van der Waals surface area contributed by atoms with Gasteiger partial charge in [0.2, 0.25) is 0 Å². The van der Waals surface area contributed by atoms with Crippen LogP contribution in [-0.2, 0) is 9.53 Å². The summed E-state index contributed by atoms with van der Waals surface area (Å²) in [6, 6.07) is 7.50. The van der Waals surface area contributed by atoms with Gasteiger partial charge in [-0.15, -0.1) is 0 Å². The van der Waals surface area contributed by atoms with E-state index in [1.165, 1.54) is 7.11 Å². The van der Waals surface area contributed by atoms with Gasteiger partial charge < -0.3 is 4.74 Å². The lowest BCUT2D eigenvalue weighted by Gasteiger charge is -2.17. The van der Waals surface area contributed by atoms with E-state index in [-0.39, 0.29) is 11.9 Å². The summed E-state index contributed by atoms with van der Waals surface area (Å²) in [5, 5.41) is 0.697. The maximum Gasteiger partial charge on any atom is 0.306 e. The Balaban J connectivity index is 2.78. The second-order valence-corrected chi connectivity index (χ2v) is 4.35. The van der Waals surface area contributed by atoms with Crippen molar-refractivity contribution in [3.63, 3.8) is 0 Å². The normalized spacial score (nSPS) is 11.9. The van der Waals surface area contributed by atoms with Crippen molar-refractivity contribution in [2.24, 2.45) is 5.92 Å². The van der Waals surface area contributed by atoms with Crippen LogP contribution in [0.1, 0.15) is 25.3 Å². The maximum absolute atomic E-state index is 11.3. The fourth-order valence-electron chi connectivity index (χ4n) is 1.70. The fourth-order valence-corrected chi connectivity index (χ4v) is 1.82. The zero-order valence-corrected chi connectivity index (χ0v) is 11.0. The number of benzene rings is 1. The van der Waals surface area contributed by atoms with Crippen LogP contribution < -0.4 is 0 Å². The Kier molecular flexibility index (Phi) is 5.23. The molecule has 1 atom stereocenters. The zero-order valence-electron chi connectivity index (χ0n) is 10.2. The second-order valence-electron chi connectivity index (χ2n) is 3.92. The van der Waals surface area contributed by atoms with Gasteiger partial charge in [0.15, 0.2) is 0 Å². The smallest absolute Gasteiger partial charge is 0.306 e. The van der Waals surface area contributed by atoms with E-state index in [1.54, 1.807) is 0 Å².